The first-order valence-corrected chi connectivity index (χ1v) is 13.8. The fourth-order valence-corrected chi connectivity index (χ4v) is 4.34. The van der Waals surface area contributed by atoms with Crippen molar-refractivity contribution in [3.05, 3.63) is 48.0 Å². The lowest BCUT2D eigenvalue weighted by Gasteiger charge is -2.25. The van der Waals surface area contributed by atoms with Crippen LogP contribution in [0.2, 0.25) is 0 Å². The molecule has 0 spiro atoms. The summed E-state index contributed by atoms with van der Waals surface area (Å²) in [7, 11) is 0. The van der Waals surface area contributed by atoms with Crippen LogP contribution in [0.15, 0.2) is 42.5 Å². The van der Waals surface area contributed by atoms with Gasteiger partial charge in [0.15, 0.2) is 0 Å². The van der Waals surface area contributed by atoms with E-state index in [2.05, 4.69) is 24.4 Å². The Morgan fingerprint density at radius 2 is 1.63 bits per heavy atom. The van der Waals surface area contributed by atoms with Gasteiger partial charge in [0.1, 0.15) is 17.8 Å². The van der Waals surface area contributed by atoms with Crippen molar-refractivity contribution >= 4 is 6.09 Å². The van der Waals surface area contributed by atoms with Gasteiger partial charge < -0.3 is 19.5 Å². The van der Waals surface area contributed by atoms with Gasteiger partial charge in [0.2, 0.25) is 0 Å². The molecule has 0 aliphatic carbocycles. The standard InChI is InChI=1S/C30H49NO4/c1-5-6-7-8-9-10-11-12-13-14-15-19-22-27-28(34-23-25-20-17-16-18-21-25)26(24-33-27)31-29(32)35-30(2,3)4/h16-22,26-28H,5-15,23-24H2,1-4H3,(H,31,32)/b22-19+/t26-,27-,28-/m0/s1. The highest BCUT2D eigenvalue weighted by Gasteiger charge is 2.38. The Labute approximate surface area is 214 Å². The van der Waals surface area contributed by atoms with E-state index in [0.29, 0.717) is 13.2 Å². The van der Waals surface area contributed by atoms with Crippen molar-refractivity contribution < 1.29 is 19.0 Å². The molecule has 1 aliphatic rings. The molecular weight excluding hydrogens is 438 g/mol. The molecule has 1 N–H and O–H groups in total. The van der Waals surface area contributed by atoms with E-state index in [1.54, 1.807) is 0 Å². The van der Waals surface area contributed by atoms with Crippen molar-refractivity contribution in [1.29, 1.82) is 0 Å². The van der Waals surface area contributed by atoms with Crippen LogP contribution in [0.25, 0.3) is 0 Å². The number of amides is 1. The van der Waals surface area contributed by atoms with Gasteiger partial charge in [0, 0.05) is 0 Å². The monoisotopic (exact) mass is 487 g/mol. The molecule has 35 heavy (non-hydrogen) atoms. The second kappa shape index (κ2) is 16.8. The summed E-state index contributed by atoms with van der Waals surface area (Å²) in [6.45, 7) is 8.74. The van der Waals surface area contributed by atoms with E-state index >= 15 is 0 Å². The van der Waals surface area contributed by atoms with Crippen molar-refractivity contribution in [2.75, 3.05) is 6.61 Å². The minimum Gasteiger partial charge on any atom is -0.444 e. The van der Waals surface area contributed by atoms with Gasteiger partial charge >= 0.3 is 6.09 Å². The van der Waals surface area contributed by atoms with Crippen LogP contribution in [0.4, 0.5) is 4.79 Å². The highest BCUT2D eigenvalue weighted by molar-refractivity contribution is 5.68. The molecule has 198 valence electrons. The number of allylic oxidation sites excluding steroid dienone is 1. The summed E-state index contributed by atoms with van der Waals surface area (Å²) in [5, 5.41) is 2.95. The van der Waals surface area contributed by atoms with Gasteiger partial charge in [-0.15, -0.1) is 0 Å². The summed E-state index contributed by atoms with van der Waals surface area (Å²) in [5.41, 5.74) is 0.557. The fraction of sp³-hybridized carbons (Fsp3) is 0.700. The summed E-state index contributed by atoms with van der Waals surface area (Å²) in [5.74, 6) is 0. The Morgan fingerprint density at radius 3 is 2.26 bits per heavy atom. The second-order valence-electron chi connectivity index (χ2n) is 10.7. The number of carbonyl (C=O) groups is 1. The van der Waals surface area contributed by atoms with Crippen molar-refractivity contribution in [3.8, 4) is 0 Å². The number of rotatable bonds is 16. The van der Waals surface area contributed by atoms with Crippen LogP contribution in [-0.4, -0.2) is 36.6 Å². The fourth-order valence-electron chi connectivity index (χ4n) is 4.34. The van der Waals surface area contributed by atoms with Crippen molar-refractivity contribution in [3.63, 3.8) is 0 Å². The van der Waals surface area contributed by atoms with E-state index < -0.39 is 11.7 Å². The van der Waals surface area contributed by atoms with Gasteiger partial charge in [-0.25, -0.2) is 4.79 Å². The minimum atomic E-state index is -0.543. The molecule has 5 heteroatoms. The number of ether oxygens (including phenoxy) is 3. The first kappa shape index (κ1) is 29.4. The van der Waals surface area contributed by atoms with Gasteiger partial charge in [-0.05, 0) is 39.2 Å². The number of carbonyl (C=O) groups excluding carboxylic acids is 1. The predicted molar refractivity (Wildman–Crippen MR) is 144 cm³/mol. The molecule has 1 fully saturated rings. The maximum absolute atomic E-state index is 12.4. The predicted octanol–water partition coefficient (Wildman–Crippen LogP) is 7.73. The summed E-state index contributed by atoms with van der Waals surface area (Å²) < 4.78 is 17.7. The van der Waals surface area contributed by atoms with Crippen molar-refractivity contribution in [1.82, 2.24) is 5.32 Å². The molecule has 0 unspecified atom stereocenters. The number of hydrogen-bond donors (Lipinski definition) is 1. The van der Waals surface area contributed by atoms with Gasteiger partial charge in [0.05, 0.1) is 19.3 Å². The Kier molecular flexibility index (Phi) is 14.1. The number of hydrogen-bond acceptors (Lipinski definition) is 4. The molecule has 1 amide bonds. The number of nitrogens with one attached hydrogen (secondary N) is 1. The number of benzene rings is 1. The molecule has 1 saturated heterocycles. The van der Waals surface area contributed by atoms with E-state index in [-0.39, 0.29) is 18.2 Å². The van der Waals surface area contributed by atoms with Crippen molar-refractivity contribution in [2.45, 2.75) is 129 Å². The lowest BCUT2D eigenvalue weighted by atomic mass is 10.0. The number of unbranched alkanes of at least 4 members (excludes halogenated alkanes) is 10. The molecule has 0 bridgehead atoms. The van der Waals surface area contributed by atoms with E-state index in [1.807, 2.05) is 51.1 Å². The second-order valence-corrected chi connectivity index (χ2v) is 10.7. The molecule has 1 aliphatic heterocycles. The lowest BCUT2D eigenvalue weighted by molar-refractivity contribution is -0.00627. The molecule has 0 saturated carbocycles. The largest absolute Gasteiger partial charge is 0.444 e. The van der Waals surface area contributed by atoms with Gasteiger partial charge in [-0.2, -0.15) is 0 Å². The molecule has 2 rings (SSSR count). The maximum Gasteiger partial charge on any atom is 0.408 e. The summed E-state index contributed by atoms with van der Waals surface area (Å²) in [6.07, 6.45) is 17.9. The lowest BCUT2D eigenvalue weighted by Crippen LogP contribution is -2.47. The van der Waals surface area contributed by atoms with Crippen LogP contribution in [0.1, 0.15) is 104 Å². The smallest absolute Gasteiger partial charge is 0.408 e. The molecule has 3 atom stereocenters. The Hall–Kier alpha value is -1.85. The normalized spacial score (nSPS) is 20.4. The zero-order valence-corrected chi connectivity index (χ0v) is 22.6. The Bertz CT molecular complexity index is 713. The molecule has 5 nitrogen and oxygen atoms in total. The zero-order chi connectivity index (χ0) is 25.4. The molecule has 0 radical (unpaired) electrons. The van der Waals surface area contributed by atoms with E-state index in [9.17, 15) is 4.79 Å². The first-order valence-electron chi connectivity index (χ1n) is 13.8. The molecular formula is C30H49NO4. The van der Waals surface area contributed by atoms with Crippen LogP contribution in [-0.2, 0) is 20.8 Å². The third kappa shape index (κ3) is 13.1. The van der Waals surface area contributed by atoms with Crippen molar-refractivity contribution in [2.24, 2.45) is 0 Å². The average molecular weight is 488 g/mol. The zero-order valence-electron chi connectivity index (χ0n) is 22.6. The summed E-state index contributed by atoms with van der Waals surface area (Å²) in [4.78, 5) is 12.4. The van der Waals surface area contributed by atoms with Gasteiger partial charge in [-0.3, -0.25) is 0 Å². The SMILES string of the molecule is CCCCCCCCCCCC/C=C/[C@@H]1OC[C@H](NC(=O)OC(C)(C)C)[C@@H]1OCc1ccccc1. The van der Waals surface area contributed by atoms with Gasteiger partial charge in [0.25, 0.3) is 0 Å². The van der Waals surface area contributed by atoms with Crippen LogP contribution in [0, 0.1) is 0 Å². The van der Waals surface area contributed by atoms with Crippen LogP contribution in [0.5, 0.6) is 0 Å². The first-order chi connectivity index (χ1) is 16.9. The molecule has 1 aromatic carbocycles. The highest BCUT2D eigenvalue weighted by atomic mass is 16.6. The van der Waals surface area contributed by atoms with E-state index in [4.69, 9.17) is 14.2 Å². The van der Waals surface area contributed by atoms with Crippen LogP contribution < -0.4 is 5.32 Å². The topological polar surface area (TPSA) is 56.8 Å². The average Bonchev–Trinajstić information content (AvgIpc) is 3.18. The van der Waals surface area contributed by atoms with Crippen LogP contribution in [0.3, 0.4) is 0 Å². The molecule has 1 aromatic rings. The Balaban J connectivity index is 1.75. The van der Waals surface area contributed by atoms with Crippen LogP contribution >= 0.6 is 0 Å². The molecule has 0 aromatic heterocycles. The Morgan fingerprint density at radius 1 is 1.00 bits per heavy atom. The van der Waals surface area contributed by atoms with Gasteiger partial charge in [-0.1, -0.05) is 107 Å². The quantitative estimate of drug-likeness (QED) is 0.191. The molecule has 1 heterocycles. The summed E-state index contributed by atoms with van der Waals surface area (Å²) in [6, 6.07) is 9.84. The third-order valence-corrected chi connectivity index (χ3v) is 6.23. The van der Waals surface area contributed by atoms with E-state index in [1.165, 1.54) is 64.2 Å². The summed E-state index contributed by atoms with van der Waals surface area (Å²) >= 11 is 0. The third-order valence-electron chi connectivity index (χ3n) is 6.23. The highest BCUT2D eigenvalue weighted by Crippen LogP contribution is 2.22. The minimum absolute atomic E-state index is 0.179. The maximum atomic E-state index is 12.4. The number of alkyl carbamates (subject to hydrolysis) is 1. The van der Waals surface area contributed by atoms with E-state index in [0.717, 1.165) is 12.0 Å².